The molecule has 10 nitrogen and oxygen atoms in total. The number of aliphatic hydroxyl groups excluding tert-OH is 1. The fourth-order valence-corrected chi connectivity index (χ4v) is 2.31. The van der Waals surface area contributed by atoms with Crippen LogP contribution in [-0.2, 0) is 38.1 Å². The van der Waals surface area contributed by atoms with E-state index in [1.54, 1.807) is 0 Å². The van der Waals surface area contributed by atoms with Gasteiger partial charge in [-0.1, -0.05) is 0 Å². The molecule has 24 heavy (non-hydrogen) atoms. The van der Waals surface area contributed by atoms with Crippen LogP contribution in [0.25, 0.3) is 0 Å². The molecule has 5 atom stereocenters. The molecule has 0 aromatic rings. The summed E-state index contributed by atoms with van der Waals surface area (Å²) in [6, 6.07) is -1.16. The Labute approximate surface area is 138 Å². The molecule has 0 aromatic heterocycles. The van der Waals surface area contributed by atoms with E-state index in [1.807, 2.05) is 0 Å². The van der Waals surface area contributed by atoms with Gasteiger partial charge in [-0.2, -0.15) is 0 Å². The van der Waals surface area contributed by atoms with Crippen molar-refractivity contribution in [2.45, 2.75) is 58.3 Å². The van der Waals surface area contributed by atoms with Crippen molar-refractivity contribution in [2.75, 3.05) is 6.61 Å². The van der Waals surface area contributed by atoms with Gasteiger partial charge in [-0.05, 0) is 0 Å². The van der Waals surface area contributed by atoms with Crippen LogP contribution in [0.3, 0.4) is 0 Å². The Kier molecular flexibility index (Phi) is 7.11. The molecule has 1 heterocycles. The third kappa shape index (κ3) is 5.78. The van der Waals surface area contributed by atoms with E-state index in [0.717, 1.165) is 13.8 Å². The molecule has 0 aliphatic carbocycles. The second kappa shape index (κ2) is 8.60. The van der Waals surface area contributed by atoms with Crippen LogP contribution in [0, 0.1) is 0 Å². The zero-order chi connectivity index (χ0) is 18.4. The van der Waals surface area contributed by atoms with Gasteiger partial charge in [0.05, 0.1) is 0 Å². The largest absolute Gasteiger partial charge is 0.463 e. The molecule has 1 saturated heterocycles. The fraction of sp³-hybridized carbons (Fsp3) is 0.714. The van der Waals surface area contributed by atoms with Crippen LogP contribution in [0.4, 0.5) is 0 Å². The third-order valence-corrected chi connectivity index (χ3v) is 3.09. The van der Waals surface area contributed by atoms with Crippen LogP contribution in [-0.4, -0.2) is 66.2 Å². The SMILES string of the molecule is CC(=O)N[C@H]1C(O)O[C@@H](COC(C)=O)[C@@H](OC(C)=O)[C@H]1OC(C)=O. The number of hydrogen-bond acceptors (Lipinski definition) is 9. The minimum absolute atomic E-state index is 0.338. The van der Waals surface area contributed by atoms with Gasteiger partial charge in [0, 0.05) is 27.7 Å². The maximum Gasteiger partial charge on any atom is 0.303 e. The zero-order valence-electron chi connectivity index (χ0n) is 13.8. The average molecular weight is 347 g/mol. The molecular weight excluding hydrogens is 326 g/mol. The number of amides is 1. The summed E-state index contributed by atoms with van der Waals surface area (Å²) in [5, 5.41) is 12.5. The second-order valence-electron chi connectivity index (χ2n) is 5.24. The quantitative estimate of drug-likeness (QED) is 0.456. The van der Waals surface area contributed by atoms with E-state index in [2.05, 4.69) is 5.32 Å². The van der Waals surface area contributed by atoms with Gasteiger partial charge < -0.3 is 29.4 Å². The summed E-state index contributed by atoms with van der Waals surface area (Å²) in [4.78, 5) is 45.0. The van der Waals surface area contributed by atoms with Crippen molar-refractivity contribution >= 4 is 23.8 Å². The van der Waals surface area contributed by atoms with Crippen LogP contribution in [0.15, 0.2) is 0 Å². The van der Waals surface area contributed by atoms with E-state index in [4.69, 9.17) is 18.9 Å². The Morgan fingerprint density at radius 1 is 0.958 bits per heavy atom. The minimum Gasteiger partial charge on any atom is -0.463 e. The van der Waals surface area contributed by atoms with Gasteiger partial charge in [0.25, 0.3) is 0 Å². The monoisotopic (exact) mass is 347 g/mol. The highest BCUT2D eigenvalue weighted by atomic mass is 16.7. The summed E-state index contributed by atoms with van der Waals surface area (Å²) in [5.74, 6) is -2.54. The van der Waals surface area contributed by atoms with Gasteiger partial charge in [-0.15, -0.1) is 0 Å². The lowest BCUT2D eigenvalue weighted by Crippen LogP contribution is -2.66. The molecule has 1 aliphatic rings. The highest BCUT2D eigenvalue weighted by Crippen LogP contribution is 2.26. The van der Waals surface area contributed by atoms with Crippen LogP contribution in [0.1, 0.15) is 27.7 Å². The van der Waals surface area contributed by atoms with Gasteiger partial charge in [0.2, 0.25) is 5.91 Å². The van der Waals surface area contributed by atoms with Gasteiger partial charge in [-0.3, -0.25) is 19.2 Å². The fourth-order valence-electron chi connectivity index (χ4n) is 2.31. The van der Waals surface area contributed by atoms with Gasteiger partial charge in [0.1, 0.15) is 18.8 Å². The summed E-state index contributed by atoms with van der Waals surface area (Å²) >= 11 is 0. The number of carbonyl (C=O) groups excluding carboxylic acids is 4. The first-order valence-corrected chi connectivity index (χ1v) is 7.20. The van der Waals surface area contributed by atoms with E-state index in [0.29, 0.717) is 0 Å². The van der Waals surface area contributed by atoms with Gasteiger partial charge in [-0.25, -0.2) is 0 Å². The number of hydrogen-bond donors (Lipinski definition) is 2. The molecular formula is C14H21NO9. The van der Waals surface area contributed by atoms with E-state index in [9.17, 15) is 24.3 Å². The Hall–Kier alpha value is -2.20. The van der Waals surface area contributed by atoms with E-state index < -0.39 is 54.5 Å². The van der Waals surface area contributed by atoms with Crippen molar-refractivity contribution in [3.8, 4) is 0 Å². The first-order valence-electron chi connectivity index (χ1n) is 7.20. The van der Waals surface area contributed by atoms with E-state index in [1.165, 1.54) is 13.8 Å². The van der Waals surface area contributed by atoms with Crippen molar-refractivity contribution in [1.29, 1.82) is 0 Å². The summed E-state index contributed by atoms with van der Waals surface area (Å²) in [6.45, 7) is 4.28. The summed E-state index contributed by atoms with van der Waals surface area (Å²) < 4.78 is 20.3. The van der Waals surface area contributed by atoms with E-state index in [-0.39, 0.29) is 6.61 Å². The van der Waals surface area contributed by atoms with Gasteiger partial charge >= 0.3 is 17.9 Å². The van der Waals surface area contributed by atoms with Crippen molar-refractivity contribution in [3.05, 3.63) is 0 Å². The Bertz CT molecular complexity index is 506. The maximum absolute atomic E-state index is 11.4. The molecule has 0 bridgehead atoms. The van der Waals surface area contributed by atoms with E-state index >= 15 is 0 Å². The molecule has 10 heteroatoms. The average Bonchev–Trinajstić information content (AvgIpc) is 2.42. The number of esters is 3. The highest BCUT2D eigenvalue weighted by molar-refractivity contribution is 5.73. The normalized spacial score (nSPS) is 29.3. The summed E-state index contributed by atoms with van der Waals surface area (Å²) in [6.07, 6.45) is -5.06. The number of ether oxygens (including phenoxy) is 4. The smallest absolute Gasteiger partial charge is 0.303 e. The van der Waals surface area contributed by atoms with Crippen LogP contribution in [0.2, 0.25) is 0 Å². The van der Waals surface area contributed by atoms with Crippen LogP contribution < -0.4 is 5.32 Å². The van der Waals surface area contributed by atoms with Crippen LogP contribution >= 0.6 is 0 Å². The van der Waals surface area contributed by atoms with Crippen molar-refractivity contribution in [1.82, 2.24) is 5.32 Å². The Morgan fingerprint density at radius 3 is 1.96 bits per heavy atom. The van der Waals surface area contributed by atoms with Crippen molar-refractivity contribution in [3.63, 3.8) is 0 Å². The Morgan fingerprint density at radius 2 is 1.50 bits per heavy atom. The molecule has 136 valence electrons. The number of aliphatic hydroxyl groups is 1. The lowest BCUT2D eigenvalue weighted by atomic mass is 9.96. The van der Waals surface area contributed by atoms with Gasteiger partial charge in [0.15, 0.2) is 18.5 Å². The molecule has 1 rings (SSSR count). The maximum atomic E-state index is 11.4. The predicted octanol–water partition coefficient (Wildman–Crippen LogP) is -1.37. The lowest BCUT2D eigenvalue weighted by molar-refractivity contribution is -0.264. The van der Waals surface area contributed by atoms with Crippen LogP contribution in [0.5, 0.6) is 0 Å². The molecule has 1 unspecified atom stereocenters. The second-order valence-corrected chi connectivity index (χ2v) is 5.24. The lowest BCUT2D eigenvalue weighted by Gasteiger charge is -2.43. The number of carbonyl (C=O) groups is 4. The Balaban J connectivity index is 3.11. The first kappa shape index (κ1) is 19.8. The minimum atomic E-state index is -1.56. The third-order valence-electron chi connectivity index (χ3n) is 3.09. The molecule has 1 aliphatic heterocycles. The molecule has 2 N–H and O–H groups in total. The summed E-state index contributed by atoms with van der Waals surface area (Å²) in [7, 11) is 0. The zero-order valence-corrected chi connectivity index (χ0v) is 13.8. The van der Waals surface area contributed by atoms with Crippen molar-refractivity contribution in [2.24, 2.45) is 0 Å². The topological polar surface area (TPSA) is 137 Å². The molecule has 0 saturated carbocycles. The molecule has 0 radical (unpaired) electrons. The molecule has 0 spiro atoms. The number of rotatable bonds is 5. The standard InChI is InChI=1S/C14H21NO9/c1-6(16)15-11-13(23-9(4)19)12(22-8(3)18)10(24-14(11)20)5-21-7(2)17/h10-14,20H,5H2,1-4H3,(H,15,16)/t10-,11+,12+,13-,14?/m0/s1. The first-order chi connectivity index (χ1) is 11.1. The highest BCUT2D eigenvalue weighted by Gasteiger charge is 2.50. The molecule has 1 amide bonds. The van der Waals surface area contributed by atoms with Crippen molar-refractivity contribution < 1.29 is 43.2 Å². The molecule has 1 fully saturated rings. The summed E-state index contributed by atoms with van der Waals surface area (Å²) in [5.41, 5.74) is 0. The molecule has 0 aromatic carbocycles. The predicted molar refractivity (Wildman–Crippen MR) is 76.2 cm³/mol. The number of nitrogens with one attached hydrogen (secondary N) is 1.